The van der Waals surface area contributed by atoms with Gasteiger partial charge in [-0.15, -0.1) is 0 Å². The van der Waals surface area contributed by atoms with E-state index in [0.717, 1.165) is 27.6 Å². The standard InChI is InChI=1S/C29H33BrN2O3/c1-4-22(3)31-29(34)26(18-23-11-6-5-7-12-23)32(19-24-14-16-25(30)17-15-24)28(33)20-35-27-13-9-8-10-21(27)2/h5-17,22,26H,4,18-20H2,1-3H3,(H,31,34)/t22-,26-/m0/s1. The topological polar surface area (TPSA) is 58.6 Å². The summed E-state index contributed by atoms with van der Waals surface area (Å²) < 4.78 is 6.84. The van der Waals surface area contributed by atoms with Crippen molar-refractivity contribution in [2.24, 2.45) is 0 Å². The maximum absolute atomic E-state index is 13.6. The van der Waals surface area contributed by atoms with Gasteiger partial charge in [0.1, 0.15) is 11.8 Å². The van der Waals surface area contributed by atoms with Crippen LogP contribution in [0.5, 0.6) is 5.75 Å². The zero-order chi connectivity index (χ0) is 25.2. The van der Waals surface area contributed by atoms with E-state index in [9.17, 15) is 9.59 Å². The number of nitrogens with one attached hydrogen (secondary N) is 1. The highest BCUT2D eigenvalue weighted by Gasteiger charge is 2.31. The van der Waals surface area contributed by atoms with Crippen LogP contribution in [0.25, 0.3) is 0 Å². The predicted molar refractivity (Wildman–Crippen MR) is 143 cm³/mol. The number of amides is 2. The SMILES string of the molecule is CC[C@H](C)NC(=O)[C@H](Cc1ccccc1)N(Cc1ccc(Br)cc1)C(=O)COc1ccccc1C. The van der Waals surface area contributed by atoms with Gasteiger partial charge in [0.15, 0.2) is 6.61 Å². The highest BCUT2D eigenvalue weighted by molar-refractivity contribution is 9.10. The van der Waals surface area contributed by atoms with Crippen molar-refractivity contribution in [1.29, 1.82) is 0 Å². The Morgan fingerprint density at radius 3 is 2.26 bits per heavy atom. The second kappa shape index (κ2) is 13.1. The fourth-order valence-corrected chi connectivity index (χ4v) is 3.99. The minimum absolute atomic E-state index is 0.00799. The summed E-state index contributed by atoms with van der Waals surface area (Å²) >= 11 is 3.46. The summed E-state index contributed by atoms with van der Waals surface area (Å²) in [7, 11) is 0. The van der Waals surface area contributed by atoms with Crippen molar-refractivity contribution in [2.75, 3.05) is 6.61 Å². The molecule has 0 fully saturated rings. The Bertz CT molecular complexity index is 1100. The third-order valence-electron chi connectivity index (χ3n) is 5.98. The monoisotopic (exact) mass is 536 g/mol. The number of halogens is 1. The second-order valence-corrected chi connectivity index (χ2v) is 9.64. The lowest BCUT2D eigenvalue weighted by Gasteiger charge is -2.32. The molecule has 0 radical (unpaired) electrons. The number of para-hydroxylation sites is 1. The van der Waals surface area contributed by atoms with Crippen LogP contribution in [0, 0.1) is 6.92 Å². The van der Waals surface area contributed by atoms with Gasteiger partial charge in [-0.25, -0.2) is 0 Å². The van der Waals surface area contributed by atoms with Crippen molar-refractivity contribution in [2.45, 2.75) is 52.2 Å². The van der Waals surface area contributed by atoms with Gasteiger partial charge in [-0.05, 0) is 55.2 Å². The van der Waals surface area contributed by atoms with Gasteiger partial charge < -0.3 is 15.0 Å². The first-order valence-electron chi connectivity index (χ1n) is 11.9. The van der Waals surface area contributed by atoms with E-state index in [0.29, 0.717) is 18.7 Å². The minimum atomic E-state index is -0.678. The molecule has 0 spiro atoms. The van der Waals surface area contributed by atoms with Gasteiger partial charge >= 0.3 is 0 Å². The third kappa shape index (κ3) is 7.96. The Labute approximate surface area is 216 Å². The van der Waals surface area contributed by atoms with Crippen LogP contribution in [0.2, 0.25) is 0 Å². The van der Waals surface area contributed by atoms with Crippen LogP contribution in [0.3, 0.4) is 0 Å². The zero-order valence-electron chi connectivity index (χ0n) is 20.5. The van der Waals surface area contributed by atoms with Crippen LogP contribution in [-0.2, 0) is 22.6 Å². The van der Waals surface area contributed by atoms with Crippen LogP contribution < -0.4 is 10.1 Å². The molecule has 2 amide bonds. The fourth-order valence-electron chi connectivity index (χ4n) is 3.72. The van der Waals surface area contributed by atoms with E-state index in [4.69, 9.17) is 4.74 Å². The van der Waals surface area contributed by atoms with Crippen LogP contribution in [-0.4, -0.2) is 35.4 Å². The molecule has 2 atom stereocenters. The van der Waals surface area contributed by atoms with Crippen LogP contribution in [0.1, 0.15) is 37.0 Å². The first-order chi connectivity index (χ1) is 16.9. The second-order valence-electron chi connectivity index (χ2n) is 8.73. The molecule has 0 aromatic heterocycles. The molecule has 3 aromatic carbocycles. The molecule has 0 aliphatic rings. The number of nitrogens with zero attached hydrogens (tertiary/aromatic N) is 1. The van der Waals surface area contributed by atoms with E-state index in [1.165, 1.54) is 0 Å². The molecule has 0 unspecified atom stereocenters. The van der Waals surface area contributed by atoms with E-state index in [2.05, 4.69) is 21.2 Å². The first-order valence-corrected chi connectivity index (χ1v) is 12.7. The summed E-state index contributed by atoms with van der Waals surface area (Å²) in [6, 6.07) is 24.5. The Morgan fingerprint density at radius 1 is 0.943 bits per heavy atom. The molecule has 0 aliphatic heterocycles. The number of aryl methyl sites for hydroxylation is 1. The molecule has 6 heteroatoms. The lowest BCUT2D eigenvalue weighted by molar-refractivity contribution is -0.143. The maximum Gasteiger partial charge on any atom is 0.261 e. The van der Waals surface area contributed by atoms with Crippen molar-refractivity contribution in [3.63, 3.8) is 0 Å². The normalized spacial score (nSPS) is 12.5. The van der Waals surface area contributed by atoms with E-state index >= 15 is 0 Å². The van der Waals surface area contributed by atoms with Gasteiger partial charge in [0.2, 0.25) is 5.91 Å². The van der Waals surface area contributed by atoms with Gasteiger partial charge in [0.25, 0.3) is 5.91 Å². The first kappa shape index (κ1) is 26.5. The molecule has 3 aromatic rings. The molecule has 0 bridgehead atoms. The summed E-state index contributed by atoms with van der Waals surface area (Å²) in [5.41, 5.74) is 2.88. The molecule has 184 valence electrons. The number of benzene rings is 3. The van der Waals surface area contributed by atoms with Gasteiger partial charge in [0.05, 0.1) is 0 Å². The third-order valence-corrected chi connectivity index (χ3v) is 6.51. The van der Waals surface area contributed by atoms with Crippen molar-refractivity contribution in [1.82, 2.24) is 10.2 Å². The molecule has 35 heavy (non-hydrogen) atoms. The molecule has 5 nitrogen and oxygen atoms in total. The van der Waals surface area contributed by atoms with Gasteiger partial charge in [-0.2, -0.15) is 0 Å². The van der Waals surface area contributed by atoms with Gasteiger partial charge in [-0.3, -0.25) is 9.59 Å². The molecule has 0 saturated carbocycles. The Hall–Kier alpha value is -3.12. The zero-order valence-corrected chi connectivity index (χ0v) is 22.1. The Kier molecular flexibility index (Phi) is 9.91. The molecular formula is C29H33BrN2O3. The molecular weight excluding hydrogens is 504 g/mol. The number of carbonyl (C=O) groups is 2. The van der Waals surface area contributed by atoms with E-state index in [-0.39, 0.29) is 24.5 Å². The summed E-state index contributed by atoms with van der Waals surface area (Å²) in [5.74, 6) is 0.258. The van der Waals surface area contributed by atoms with Gasteiger partial charge in [0, 0.05) is 23.5 Å². The number of rotatable bonds is 11. The van der Waals surface area contributed by atoms with E-state index in [1.807, 2.05) is 99.6 Å². The largest absolute Gasteiger partial charge is 0.484 e. The predicted octanol–water partition coefficient (Wildman–Crippen LogP) is 5.69. The van der Waals surface area contributed by atoms with Crippen LogP contribution >= 0.6 is 15.9 Å². The molecule has 0 aliphatic carbocycles. The average Bonchev–Trinajstić information content (AvgIpc) is 2.87. The minimum Gasteiger partial charge on any atom is -0.484 e. The fraction of sp³-hybridized carbons (Fsp3) is 0.310. The molecule has 1 N–H and O–H groups in total. The highest BCUT2D eigenvalue weighted by atomic mass is 79.9. The maximum atomic E-state index is 13.6. The summed E-state index contributed by atoms with van der Waals surface area (Å²) in [5, 5.41) is 3.08. The van der Waals surface area contributed by atoms with Gasteiger partial charge in [-0.1, -0.05) is 83.5 Å². The van der Waals surface area contributed by atoms with Crippen molar-refractivity contribution < 1.29 is 14.3 Å². The summed E-state index contributed by atoms with van der Waals surface area (Å²) in [6.45, 7) is 6.09. The lowest BCUT2D eigenvalue weighted by atomic mass is 10.0. The molecule has 3 rings (SSSR count). The average molecular weight is 537 g/mol. The summed E-state index contributed by atoms with van der Waals surface area (Å²) in [4.78, 5) is 28.7. The Balaban J connectivity index is 1.91. The van der Waals surface area contributed by atoms with Crippen molar-refractivity contribution in [3.8, 4) is 5.75 Å². The molecule has 0 saturated heterocycles. The van der Waals surface area contributed by atoms with Crippen molar-refractivity contribution in [3.05, 3.63) is 100 Å². The summed E-state index contributed by atoms with van der Waals surface area (Å²) in [6.07, 6.45) is 1.22. The highest BCUT2D eigenvalue weighted by Crippen LogP contribution is 2.19. The van der Waals surface area contributed by atoms with Crippen LogP contribution in [0.4, 0.5) is 0 Å². The number of carbonyl (C=O) groups excluding carboxylic acids is 2. The lowest BCUT2D eigenvalue weighted by Crippen LogP contribution is -2.53. The van der Waals surface area contributed by atoms with Crippen LogP contribution in [0.15, 0.2) is 83.3 Å². The van der Waals surface area contributed by atoms with E-state index in [1.54, 1.807) is 4.90 Å². The van der Waals surface area contributed by atoms with E-state index < -0.39 is 6.04 Å². The smallest absolute Gasteiger partial charge is 0.261 e. The quantitative estimate of drug-likeness (QED) is 0.342. The van der Waals surface area contributed by atoms with Crippen molar-refractivity contribution >= 4 is 27.7 Å². The number of hydrogen-bond donors (Lipinski definition) is 1. The Morgan fingerprint density at radius 2 is 1.60 bits per heavy atom. The molecule has 0 heterocycles. The number of ether oxygens (including phenoxy) is 1. The number of hydrogen-bond acceptors (Lipinski definition) is 3.